The van der Waals surface area contributed by atoms with Crippen LogP contribution in [0.1, 0.15) is 0 Å². The van der Waals surface area contributed by atoms with Gasteiger partial charge in [0.05, 0.1) is 0 Å². The number of halogens is 1. The van der Waals surface area contributed by atoms with Gasteiger partial charge < -0.3 is 10.2 Å². The van der Waals surface area contributed by atoms with Crippen LogP contribution in [0.25, 0.3) is 10.9 Å². The third kappa shape index (κ3) is 1.85. The minimum atomic E-state index is -0.250. The van der Waals surface area contributed by atoms with Crippen molar-refractivity contribution in [3.63, 3.8) is 0 Å². The van der Waals surface area contributed by atoms with E-state index in [2.05, 4.69) is 15.2 Å². The minimum absolute atomic E-state index is 0.250. The van der Waals surface area contributed by atoms with Gasteiger partial charge in [-0.3, -0.25) is 4.98 Å². The first-order chi connectivity index (χ1) is 8.36. The second kappa shape index (κ2) is 4.30. The van der Waals surface area contributed by atoms with Crippen LogP contribution in [0.5, 0.6) is 0 Å². The van der Waals surface area contributed by atoms with E-state index in [1.54, 1.807) is 12.3 Å². The Kier molecular flexibility index (Phi) is 2.65. The maximum Gasteiger partial charge on any atom is 0.149 e. The molecule has 1 fully saturated rings. The molecule has 1 saturated heterocycles. The van der Waals surface area contributed by atoms with Crippen LogP contribution in [0, 0.1) is 5.82 Å². The molecule has 0 atom stereocenters. The van der Waals surface area contributed by atoms with Gasteiger partial charge in [0.1, 0.15) is 11.3 Å². The summed E-state index contributed by atoms with van der Waals surface area (Å²) < 4.78 is 13.6. The largest absolute Gasteiger partial charge is 0.368 e. The number of pyridine rings is 1. The van der Waals surface area contributed by atoms with E-state index in [9.17, 15) is 4.39 Å². The Labute approximate surface area is 99.3 Å². The summed E-state index contributed by atoms with van der Waals surface area (Å²) in [5.41, 5.74) is 1.54. The zero-order valence-corrected chi connectivity index (χ0v) is 9.49. The molecule has 0 bridgehead atoms. The smallest absolute Gasteiger partial charge is 0.149 e. The van der Waals surface area contributed by atoms with Crippen molar-refractivity contribution >= 4 is 16.6 Å². The number of rotatable bonds is 1. The number of aromatic nitrogens is 1. The van der Waals surface area contributed by atoms with E-state index in [-0.39, 0.29) is 5.82 Å². The molecule has 1 aromatic heterocycles. The van der Waals surface area contributed by atoms with Gasteiger partial charge in [-0.15, -0.1) is 0 Å². The zero-order chi connectivity index (χ0) is 11.7. The predicted octanol–water partition coefficient (Wildman–Crippen LogP) is 1.78. The van der Waals surface area contributed by atoms with Crippen LogP contribution in [0.15, 0.2) is 30.5 Å². The molecule has 0 spiro atoms. The molecule has 2 heterocycles. The molecular formula is C13H14FN3. The Morgan fingerprint density at radius 2 is 2.00 bits per heavy atom. The molecule has 0 radical (unpaired) electrons. The summed E-state index contributed by atoms with van der Waals surface area (Å²) in [6, 6.07) is 7.10. The van der Waals surface area contributed by atoms with E-state index in [4.69, 9.17) is 0 Å². The van der Waals surface area contributed by atoms with Crippen molar-refractivity contribution in [2.45, 2.75) is 0 Å². The van der Waals surface area contributed by atoms with Crippen molar-refractivity contribution < 1.29 is 4.39 Å². The van der Waals surface area contributed by atoms with Crippen LogP contribution in [-0.2, 0) is 0 Å². The Balaban J connectivity index is 2.12. The van der Waals surface area contributed by atoms with E-state index in [1.807, 2.05) is 12.1 Å². The molecule has 4 heteroatoms. The number of para-hydroxylation sites is 1. The van der Waals surface area contributed by atoms with Crippen molar-refractivity contribution in [3.05, 3.63) is 36.3 Å². The third-order valence-corrected chi connectivity index (χ3v) is 3.16. The average molecular weight is 231 g/mol. The highest BCUT2D eigenvalue weighted by molar-refractivity contribution is 5.91. The van der Waals surface area contributed by atoms with Crippen LogP contribution in [-0.4, -0.2) is 31.2 Å². The number of hydrogen-bond donors (Lipinski definition) is 1. The summed E-state index contributed by atoms with van der Waals surface area (Å²) in [5, 5.41) is 4.21. The second-order valence-corrected chi connectivity index (χ2v) is 4.20. The normalized spacial score (nSPS) is 16.4. The van der Waals surface area contributed by atoms with Crippen molar-refractivity contribution in [1.82, 2.24) is 10.3 Å². The van der Waals surface area contributed by atoms with Crippen molar-refractivity contribution in [2.75, 3.05) is 31.1 Å². The highest BCUT2D eigenvalue weighted by Crippen LogP contribution is 2.26. The molecule has 1 aliphatic heterocycles. The number of piperazine rings is 1. The van der Waals surface area contributed by atoms with E-state index in [0.717, 1.165) is 37.3 Å². The third-order valence-electron chi connectivity index (χ3n) is 3.16. The fraction of sp³-hybridized carbons (Fsp3) is 0.308. The number of hydrogen-bond acceptors (Lipinski definition) is 3. The lowest BCUT2D eigenvalue weighted by molar-refractivity contribution is 0.590. The molecule has 2 aromatic rings. The molecule has 17 heavy (non-hydrogen) atoms. The summed E-state index contributed by atoms with van der Waals surface area (Å²) in [6.45, 7) is 3.85. The molecule has 1 aliphatic rings. The number of nitrogens with one attached hydrogen (secondary N) is 1. The lowest BCUT2D eigenvalue weighted by Gasteiger charge is -2.30. The van der Waals surface area contributed by atoms with E-state index >= 15 is 0 Å². The SMILES string of the molecule is Fc1cccc2c(N3CCNCC3)ccnc12. The van der Waals surface area contributed by atoms with Crippen LogP contribution in [0.4, 0.5) is 10.1 Å². The zero-order valence-electron chi connectivity index (χ0n) is 9.49. The molecular weight excluding hydrogens is 217 g/mol. The van der Waals surface area contributed by atoms with Gasteiger partial charge in [0.15, 0.2) is 0 Å². The van der Waals surface area contributed by atoms with Gasteiger partial charge in [-0.2, -0.15) is 0 Å². The molecule has 0 unspecified atom stereocenters. The molecule has 3 nitrogen and oxygen atoms in total. The van der Waals surface area contributed by atoms with Crippen LogP contribution >= 0.6 is 0 Å². The van der Waals surface area contributed by atoms with Gasteiger partial charge in [0, 0.05) is 43.4 Å². The van der Waals surface area contributed by atoms with E-state index in [0.29, 0.717) is 5.52 Å². The number of fused-ring (bicyclic) bond motifs is 1. The monoisotopic (exact) mass is 231 g/mol. The number of benzene rings is 1. The fourth-order valence-electron chi connectivity index (χ4n) is 2.31. The van der Waals surface area contributed by atoms with Crippen molar-refractivity contribution in [1.29, 1.82) is 0 Å². The molecule has 0 saturated carbocycles. The van der Waals surface area contributed by atoms with Gasteiger partial charge in [0.2, 0.25) is 0 Å². The van der Waals surface area contributed by atoms with Gasteiger partial charge in [-0.05, 0) is 12.1 Å². The molecule has 0 aliphatic carbocycles. The lowest BCUT2D eigenvalue weighted by atomic mass is 10.1. The van der Waals surface area contributed by atoms with Gasteiger partial charge in [0.25, 0.3) is 0 Å². The van der Waals surface area contributed by atoms with Crippen LogP contribution in [0.2, 0.25) is 0 Å². The first-order valence-corrected chi connectivity index (χ1v) is 5.85. The van der Waals surface area contributed by atoms with Crippen molar-refractivity contribution in [2.24, 2.45) is 0 Å². The Bertz CT molecular complexity index is 535. The first kappa shape index (κ1) is 10.5. The first-order valence-electron chi connectivity index (χ1n) is 5.85. The highest BCUT2D eigenvalue weighted by atomic mass is 19.1. The van der Waals surface area contributed by atoms with Crippen LogP contribution in [0.3, 0.4) is 0 Å². The quantitative estimate of drug-likeness (QED) is 0.811. The molecule has 1 N–H and O–H groups in total. The number of nitrogens with zero attached hydrogens (tertiary/aromatic N) is 2. The summed E-state index contributed by atoms with van der Waals surface area (Å²) >= 11 is 0. The fourth-order valence-corrected chi connectivity index (χ4v) is 2.31. The maximum absolute atomic E-state index is 13.6. The summed E-state index contributed by atoms with van der Waals surface area (Å²) in [4.78, 5) is 6.40. The Morgan fingerprint density at radius 3 is 2.82 bits per heavy atom. The van der Waals surface area contributed by atoms with E-state index in [1.165, 1.54) is 6.07 Å². The summed E-state index contributed by atoms with van der Waals surface area (Å²) in [5.74, 6) is -0.250. The predicted molar refractivity (Wildman–Crippen MR) is 66.8 cm³/mol. The number of anilines is 1. The lowest BCUT2D eigenvalue weighted by Crippen LogP contribution is -2.43. The van der Waals surface area contributed by atoms with Gasteiger partial charge >= 0.3 is 0 Å². The molecule has 0 amide bonds. The maximum atomic E-state index is 13.6. The molecule has 88 valence electrons. The minimum Gasteiger partial charge on any atom is -0.368 e. The highest BCUT2D eigenvalue weighted by Gasteiger charge is 2.14. The van der Waals surface area contributed by atoms with Crippen molar-refractivity contribution in [3.8, 4) is 0 Å². The van der Waals surface area contributed by atoms with Gasteiger partial charge in [-0.1, -0.05) is 12.1 Å². The second-order valence-electron chi connectivity index (χ2n) is 4.20. The topological polar surface area (TPSA) is 28.2 Å². The van der Waals surface area contributed by atoms with E-state index < -0.39 is 0 Å². The van der Waals surface area contributed by atoms with Gasteiger partial charge in [-0.25, -0.2) is 4.39 Å². The molecule has 1 aromatic carbocycles. The molecule has 3 rings (SSSR count). The summed E-state index contributed by atoms with van der Waals surface area (Å²) in [6.07, 6.45) is 1.68. The Hall–Kier alpha value is -1.68. The average Bonchev–Trinajstić information content (AvgIpc) is 2.40. The summed E-state index contributed by atoms with van der Waals surface area (Å²) in [7, 11) is 0. The standard InChI is InChI=1S/C13H14FN3/c14-11-3-1-2-10-12(4-5-16-13(10)11)17-8-6-15-7-9-17/h1-5,15H,6-9H2. The Morgan fingerprint density at radius 1 is 1.18 bits per heavy atom. The van der Waals surface area contributed by atoms with Crippen LogP contribution < -0.4 is 10.2 Å².